The molecule has 2 N–H and O–H groups in total. The summed E-state index contributed by atoms with van der Waals surface area (Å²) in [4.78, 5) is 12.8. The molecule has 0 aromatic carbocycles. The molecule has 14 heavy (non-hydrogen) atoms. The molecule has 0 radical (unpaired) electrons. The van der Waals surface area contributed by atoms with Crippen molar-refractivity contribution in [1.82, 2.24) is 10.2 Å². The zero-order valence-corrected chi connectivity index (χ0v) is 9.25. The minimum atomic E-state index is 0.0266. The Morgan fingerprint density at radius 2 is 2.00 bits per heavy atom. The summed E-state index contributed by atoms with van der Waals surface area (Å²) in [5.41, 5.74) is 0. The van der Waals surface area contributed by atoms with E-state index in [2.05, 4.69) is 10.2 Å². The van der Waals surface area contributed by atoms with Gasteiger partial charge in [0, 0.05) is 26.6 Å². The third kappa shape index (κ3) is 9.48. The second-order valence-electron chi connectivity index (χ2n) is 3.57. The molecule has 0 atom stereocenters. The van der Waals surface area contributed by atoms with Crippen molar-refractivity contribution < 1.29 is 9.90 Å². The number of unbranched alkanes of at least 4 members (excludes halogenated alkanes) is 2. The summed E-state index contributed by atoms with van der Waals surface area (Å²) in [7, 11) is 2.04. The first-order valence-electron chi connectivity index (χ1n) is 5.20. The molecule has 0 rings (SSSR count). The molecular formula is C10H22N2O2. The van der Waals surface area contributed by atoms with E-state index in [0.717, 1.165) is 32.4 Å². The monoisotopic (exact) mass is 202 g/mol. The highest BCUT2D eigenvalue weighted by molar-refractivity contribution is 5.72. The summed E-state index contributed by atoms with van der Waals surface area (Å²) < 4.78 is 0. The van der Waals surface area contributed by atoms with Crippen LogP contribution in [0.1, 0.15) is 26.2 Å². The van der Waals surface area contributed by atoms with Crippen LogP contribution >= 0.6 is 0 Å². The molecule has 0 aliphatic rings. The summed E-state index contributed by atoms with van der Waals surface area (Å²) >= 11 is 0. The van der Waals surface area contributed by atoms with Gasteiger partial charge >= 0.3 is 0 Å². The summed E-state index contributed by atoms with van der Waals surface area (Å²) in [6, 6.07) is 0. The Morgan fingerprint density at radius 3 is 2.57 bits per heavy atom. The van der Waals surface area contributed by atoms with Crippen molar-refractivity contribution >= 4 is 5.91 Å². The molecule has 0 aromatic rings. The molecule has 0 heterocycles. The number of likely N-dealkylation sites (N-methyl/N-ethyl adjacent to an activating group) is 1. The highest BCUT2D eigenvalue weighted by Crippen LogP contribution is 1.95. The zero-order chi connectivity index (χ0) is 10.8. The van der Waals surface area contributed by atoms with Gasteiger partial charge in [-0.25, -0.2) is 0 Å². The molecule has 0 aromatic heterocycles. The van der Waals surface area contributed by atoms with Crippen molar-refractivity contribution in [2.75, 3.05) is 33.3 Å². The van der Waals surface area contributed by atoms with Crippen LogP contribution in [0, 0.1) is 0 Å². The first kappa shape index (κ1) is 13.4. The number of hydrogen-bond donors (Lipinski definition) is 2. The average Bonchev–Trinajstić information content (AvgIpc) is 2.12. The Hall–Kier alpha value is -0.610. The first-order chi connectivity index (χ1) is 6.66. The normalized spacial score (nSPS) is 10.6. The number of nitrogens with one attached hydrogen (secondary N) is 1. The van der Waals surface area contributed by atoms with Crippen LogP contribution in [0.2, 0.25) is 0 Å². The molecular weight excluding hydrogens is 180 g/mol. The molecule has 0 aliphatic heterocycles. The van der Waals surface area contributed by atoms with Gasteiger partial charge in [-0.2, -0.15) is 0 Å². The molecule has 0 aliphatic carbocycles. The highest BCUT2D eigenvalue weighted by Gasteiger charge is 1.98. The van der Waals surface area contributed by atoms with E-state index in [9.17, 15) is 4.79 Å². The van der Waals surface area contributed by atoms with Crippen molar-refractivity contribution in [2.45, 2.75) is 26.2 Å². The Bertz CT molecular complexity index is 151. The summed E-state index contributed by atoms with van der Waals surface area (Å²) in [6.07, 6.45) is 3.07. The standard InChI is InChI=1S/C10H22N2O2/c1-10(14)11-6-8-12(2)7-4-3-5-9-13/h13H,3-9H2,1-2H3,(H,11,14). The maximum absolute atomic E-state index is 10.6. The number of carbonyl (C=O) groups is 1. The Kier molecular flexibility index (Phi) is 8.57. The van der Waals surface area contributed by atoms with Crippen molar-refractivity contribution in [3.05, 3.63) is 0 Å². The number of aliphatic hydroxyl groups is 1. The summed E-state index contributed by atoms with van der Waals surface area (Å²) in [5, 5.41) is 11.3. The molecule has 1 amide bonds. The number of rotatable bonds is 8. The third-order valence-corrected chi connectivity index (χ3v) is 2.07. The first-order valence-corrected chi connectivity index (χ1v) is 5.20. The van der Waals surface area contributed by atoms with Crippen LogP contribution in [0.3, 0.4) is 0 Å². The van der Waals surface area contributed by atoms with Crippen molar-refractivity contribution in [1.29, 1.82) is 0 Å². The number of aliphatic hydroxyl groups excluding tert-OH is 1. The fourth-order valence-corrected chi connectivity index (χ4v) is 1.20. The van der Waals surface area contributed by atoms with E-state index < -0.39 is 0 Å². The predicted molar refractivity (Wildman–Crippen MR) is 57.1 cm³/mol. The largest absolute Gasteiger partial charge is 0.396 e. The Balaban J connectivity index is 3.19. The molecule has 0 unspecified atom stereocenters. The van der Waals surface area contributed by atoms with Crippen molar-refractivity contribution in [2.24, 2.45) is 0 Å². The van der Waals surface area contributed by atoms with Crippen molar-refractivity contribution in [3.8, 4) is 0 Å². The van der Waals surface area contributed by atoms with E-state index in [1.54, 1.807) is 0 Å². The van der Waals surface area contributed by atoms with Gasteiger partial charge < -0.3 is 15.3 Å². The zero-order valence-electron chi connectivity index (χ0n) is 9.25. The van der Waals surface area contributed by atoms with E-state index in [1.807, 2.05) is 7.05 Å². The molecule has 84 valence electrons. The highest BCUT2D eigenvalue weighted by atomic mass is 16.2. The predicted octanol–water partition coefficient (Wildman–Crippen LogP) is 0.217. The number of nitrogens with zero attached hydrogens (tertiary/aromatic N) is 1. The molecule has 0 spiro atoms. The minimum absolute atomic E-state index is 0.0266. The van der Waals surface area contributed by atoms with Gasteiger partial charge in [-0.15, -0.1) is 0 Å². The van der Waals surface area contributed by atoms with Gasteiger partial charge in [0.15, 0.2) is 0 Å². The van der Waals surface area contributed by atoms with Gasteiger partial charge in [0.1, 0.15) is 0 Å². The van der Waals surface area contributed by atoms with Crippen molar-refractivity contribution in [3.63, 3.8) is 0 Å². The topological polar surface area (TPSA) is 52.6 Å². The van der Waals surface area contributed by atoms with Gasteiger partial charge in [-0.3, -0.25) is 4.79 Å². The van der Waals surface area contributed by atoms with Crippen LogP contribution in [0.4, 0.5) is 0 Å². The molecule has 4 nitrogen and oxygen atoms in total. The molecule has 4 heteroatoms. The van der Waals surface area contributed by atoms with E-state index in [0.29, 0.717) is 6.54 Å². The van der Waals surface area contributed by atoms with Crippen LogP contribution in [0.15, 0.2) is 0 Å². The second-order valence-corrected chi connectivity index (χ2v) is 3.57. The lowest BCUT2D eigenvalue weighted by atomic mass is 10.2. The smallest absolute Gasteiger partial charge is 0.216 e. The quantitative estimate of drug-likeness (QED) is 0.553. The van der Waals surface area contributed by atoms with Gasteiger partial charge in [-0.1, -0.05) is 0 Å². The summed E-state index contributed by atoms with van der Waals surface area (Å²) in [6.45, 7) is 4.45. The van der Waals surface area contributed by atoms with Crippen LogP contribution in [0.25, 0.3) is 0 Å². The van der Waals surface area contributed by atoms with Gasteiger partial charge in [0.2, 0.25) is 5.91 Å². The van der Waals surface area contributed by atoms with E-state index in [-0.39, 0.29) is 12.5 Å². The van der Waals surface area contributed by atoms with Crippen LogP contribution in [0.5, 0.6) is 0 Å². The van der Waals surface area contributed by atoms with Crippen LogP contribution in [-0.4, -0.2) is 49.2 Å². The Morgan fingerprint density at radius 1 is 1.29 bits per heavy atom. The summed E-state index contributed by atoms with van der Waals surface area (Å²) in [5.74, 6) is 0.0266. The van der Waals surface area contributed by atoms with Crippen LogP contribution in [-0.2, 0) is 4.79 Å². The molecule has 0 saturated carbocycles. The van der Waals surface area contributed by atoms with Crippen LogP contribution < -0.4 is 5.32 Å². The second kappa shape index (κ2) is 8.97. The van der Waals surface area contributed by atoms with E-state index in [1.165, 1.54) is 6.92 Å². The number of amides is 1. The maximum atomic E-state index is 10.6. The van der Waals surface area contributed by atoms with Gasteiger partial charge in [0.25, 0.3) is 0 Å². The Labute approximate surface area is 86.3 Å². The fourth-order valence-electron chi connectivity index (χ4n) is 1.20. The lowest BCUT2D eigenvalue weighted by molar-refractivity contribution is -0.119. The van der Waals surface area contributed by atoms with Gasteiger partial charge in [-0.05, 0) is 32.9 Å². The number of carbonyl (C=O) groups excluding carboxylic acids is 1. The van der Waals surface area contributed by atoms with Gasteiger partial charge in [0.05, 0.1) is 0 Å². The molecule has 0 fully saturated rings. The lowest BCUT2D eigenvalue weighted by Crippen LogP contribution is -2.32. The number of hydrogen-bond acceptors (Lipinski definition) is 3. The fraction of sp³-hybridized carbons (Fsp3) is 0.900. The molecule has 0 saturated heterocycles. The van der Waals surface area contributed by atoms with E-state index >= 15 is 0 Å². The van der Waals surface area contributed by atoms with E-state index in [4.69, 9.17) is 5.11 Å². The average molecular weight is 202 g/mol. The SMILES string of the molecule is CC(=O)NCCN(C)CCCCCO. The third-order valence-electron chi connectivity index (χ3n) is 2.07. The maximum Gasteiger partial charge on any atom is 0.216 e. The lowest BCUT2D eigenvalue weighted by Gasteiger charge is -2.16. The molecule has 0 bridgehead atoms. The minimum Gasteiger partial charge on any atom is -0.396 e.